The van der Waals surface area contributed by atoms with Gasteiger partial charge in [0.2, 0.25) is 0 Å². The first-order chi connectivity index (χ1) is 10.0. The molecule has 1 atom stereocenters. The molecule has 0 saturated carbocycles. The van der Waals surface area contributed by atoms with Crippen LogP contribution in [0.25, 0.3) is 0 Å². The molecule has 2 heterocycles. The monoisotopic (exact) mass is 340 g/mol. The first-order valence-electron chi connectivity index (χ1n) is 7.58. The second-order valence-electron chi connectivity index (χ2n) is 7.65. The smallest absolute Gasteiger partial charge is 0.486 e. The van der Waals surface area contributed by atoms with E-state index in [0.717, 1.165) is 10.4 Å². The third-order valence-electron chi connectivity index (χ3n) is 4.60. The van der Waals surface area contributed by atoms with Crippen molar-refractivity contribution in [3.05, 3.63) is 18.2 Å². The molecule has 0 bridgehead atoms. The minimum absolute atomic E-state index is 0. The zero-order valence-electron chi connectivity index (χ0n) is 14.6. The van der Waals surface area contributed by atoms with Crippen LogP contribution in [0.4, 0.5) is 0 Å². The van der Waals surface area contributed by atoms with Crippen molar-refractivity contribution in [1.29, 1.82) is 0 Å². The highest BCUT2D eigenvalue weighted by Gasteiger charge is 2.52. The van der Waals surface area contributed by atoms with Crippen LogP contribution in [0.5, 0.6) is 5.75 Å². The number of hydrogen-bond acceptors (Lipinski definition) is 4. The van der Waals surface area contributed by atoms with E-state index in [1.807, 2.05) is 59.7 Å². The van der Waals surface area contributed by atoms with E-state index in [2.05, 4.69) is 0 Å². The van der Waals surface area contributed by atoms with Crippen LogP contribution in [0.1, 0.15) is 41.5 Å². The summed E-state index contributed by atoms with van der Waals surface area (Å²) >= 11 is 0. The number of benzene rings is 1. The van der Waals surface area contributed by atoms with Crippen molar-refractivity contribution >= 4 is 23.4 Å². The van der Waals surface area contributed by atoms with Gasteiger partial charge < -0.3 is 19.5 Å². The highest BCUT2D eigenvalue weighted by atomic mass is 32.2. The Hall–Kier alpha value is -0.885. The second kappa shape index (κ2) is 5.58. The van der Waals surface area contributed by atoms with Crippen molar-refractivity contribution < 1.29 is 23.7 Å². The van der Waals surface area contributed by atoms with Crippen molar-refractivity contribution in [1.82, 2.24) is 0 Å². The molecule has 2 N–H and O–H groups in total. The molecule has 1 saturated heterocycles. The fourth-order valence-corrected chi connectivity index (χ4v) is 4.08. The molecule has 1 aromatic rings. The van der Waals surface area contributed by atoms with Gasteiger partial charge in [-0.15, -0.1) is 0 Å². The van der Waals surface area contributed by atoms with Crippen molar-refractivity contribution in [2.45, 2.75) is 63.2 Å². The minimum atomic E-state index is -1.07. The van der Waals surface area contributed by atoms with E-state index in [9.17, 15) is 4.21 Å². The molecular formula is C16H25BO5S. The predicted octanol–water partition coefficient (Wildman–Crippen LogP) is 1.44. The van der Waals surface area contributed by atoms with Crippen LogP contribution in [0.15, 0.2) is 23.1 Å². The fourth-order valence-electron chi connectivity index (χ4n) is 2.63. The summed E-state index contributed by atoms with van der Waals surface area (Å²) in [6.07, 6.45) is 0. The molecule has 23 heavy (non-hydrogen) atoms. The van der Waals surface area contributed by atoms with Gasteiger partial charge >= 0.3 is 7.12 Å². The summed E-state index contributed by atoms with van der Waals surface area (Å²) in [7, 11) is -1.51. The Morgan fingerprint density at radius 1 is 1.04 bits per heavy atom. The predicted molar refractivity (Wildman–Crippen MR) is 91.8 cm³/mol. The van der Waals surface area contributed by atoms with Gasteiger partial charge in [-0.05, 0) is 59.1 Å². The summed E-state index contributed by atoms with van der Waals surface area (Å²) in [5.41, 5.74) is -0.283. The van der Waals surface area contributed by atoms with Gasteiger partial charge in [0, 0.05) is 0 Å². The third kappa shape index (κ3) is 3.20. The van der Waals surface area contributed by atoms with E-state index in [1.165, 1.54) is 0 Å². The largest absolute Gasteiger partial charge is 0.494 e. The molecule has 1 fully saturated rings. The molecule has 128 valence electrons. The molecule has 7 heteroatoms. The van der Waals surface area contributed by atoms with Gasteiger partial charge in [0.1, 0.15) is 11.4 Å². The Morgan fingerprint density at radius 3 is 2.17 bits per heavy atom. The molecular weight excluding hydrogens is 315 g/mol. The van der Waals surface area contributed by atoms with Gasteiger partial charge in [0.05, 0.1) is 32.7 Å². The molecule has 2 aliphatic rings. The van der Waals surface area contributed by atoms with Crippen LogP contribution in [0, 0.1) is 0 Å². The van der Waals surface area contributed by atoms with E-state index >= 15 is 0 Å². The summed E-state index contributed by atoms with van der Waals surface area (Å²) in [6.45, 7) is 12.0. The van der Waals surface area contributed by atoms with Gasteiger partial charge in [0.25, 0.3) is 0 Å². The molecule has 0 spiro atoms. The zero-order valence-corrected chi connectivity index (χ0v) is 15.4. The molecule has 1 unspecified atom stereocenters. The van der Waals surface area contributed by atoms with Crippen molar-refractivity contribution in [3.63, 3.8) is 0 Å². The lowest BCUT2D eigenvalue weighted by atomic mass is 9.79. The van der Waals surface area contributed by atoms with Gasteiger partial charge in [-0.1, -0.05) is 6.07 Å². The van der Waals surface area contributed by atoms with Crippen LogP contribution in [0.3, 0.4) is 0 Å². The molecule has 5 nitrogen and oxygen atoms in total. The number of fused-ring (bicyclic) bond motifs is 1. The van der Waals surface area contributed by atoms with Gasteiger partial charge in [-0.2, -0.15) is 0 Å². The average molecular weight is 340 g/mol. The maximum Gasteiger partial charge on any atom is 0.494 e. The first-order valence-corrected chi connectivity index (χ1v) is 8.90. The number of ether oxygens (including phenoxy) is 1. The molecule has 0 aromatic heterocycles. The SMILES string of the molecule is CC1(C)CS(=O)c2cc(B3OC(C)(C)C(C)(C)O3)ccc2O1.O. The maximum absolute atomic E-state index is 12.5. The standard InChI is InChI=1S/C16H23BO4S.H2O/c1-14(2)10-22(18)13-9-11(7-8-12(13)19-14)17-20-15(3,4)16(5,6)21-17;/h7-9H,10H2,1-6H3;1H2. The topological polar surface area (TPSA) is 76.3 Å². The quantitative estimate of drug-likeness (QED) is 0.725. The molecule has 1 aromatic carbocycles. The molecule has 3 rings (SSSR count). The lowest BCUT2D eigenvalue weighted by molar-refractivity contribution is 0.00578. The summed E-state index contributed by atoms with van der Waals surface area (Å²) in [5.74, 6) is 1.18. The summed E-state index contributed by atoms with van der Waals surface area (Å²) in [6, 6.07) is 5.69. The normalized spacial score (nSPS) is 26.9. The van der Waals surface area contributed by atoms with Crippen molar-refractivity contribution in [2.75, 3.05) is 5.75 Å². The minimum Gasteiger partial charge on any atom is -0.486 e. The van der Waals surface area contributed by atoms with Gasteiger partial charge in [-0.25, -0.2) is 0 Å². The van der Waals surface area contributed by atoms with Crippen LogP contribution >= 0.6 is 0 Å². The van der Waals surface area contributed by atoms with Crippen molar-refractivity contribution in [2.24, 2.45) is 0 Å². The fraction of sp³-hybridized carbons (Fsp3) is 0.625. The summed E-state index contributed by atoms with van der Waals surface area (Å²) < 4.78 is 30.5. The molecule has 2 aliphatic heterocycles. The Morgan fingerprint density at radius 2 is 1.61 bits per heavy atom. The number of rotatable bonds is 1. The molecule has 0 amide bonds. The van der Waals surface area contributed by atoms with E-state index in [1.54, 1.807) is 0 Å². The summed E-state index contributed by atoms with van der Waals surface area (Å²) in [5, 5.41) is 0. The van der Waals surface area contributed by atoms with Crippen molar-refractivity contribution in [3.8, 4) is 5.75 Å². The van der Waals surface area contributed by atoms with Gasteiger partial charge in [-0.3, -0.25) is 4.21 Å². The van der Waals surface area contributed by atoms with Crippen LogP contribution in [0.2, 0.25) is 0 Å². The average Bonchev–Trinajstić information content (AvgIpc) is 2.56. The van der Waals surface area contributed by atoms with Crippen LogP contribution in [-0.2, 0) is 20.1 Å². The lowest BCUT2D eigenvalue weighted by Gasteiger charge is -2.32. The van der Waals surface area contributed by atoms with E-state index in [0.29, 0.717) is 11.5 Å². The molecule has 0 radical (unpaired) electrons. The third-order valence-corrected chi connectivity index (χ3v) is 6.37. The number of hydrogen-bond donors (Lipinski definition) is 0. The summed E-state index contributed by atoms with van der Waals surface area (Å²) in [4.78, 5) is 0.728. The highest BCUT2D eigenvalue weighted by molar-refractivity contribution is 7.85. The Balaban J connectivity index is 0.00000192. The lowest BCUT2D eigenvalue weighted by Crippen LogP contribution is -2.41. The van der Waals surface area contributed by atoms with Gasteiger partial charge in [0.15, 0.2) is 0 Å². The van der Waals surface area contributed by atoms with E-state index < -0.39 is 23.5 Å². The highest BCUT2D eigenvalue weighted by Crippen LogP contribution is 2.37. The Bertz CT molecular complexity index is 625. The van der Waals surface area contributed by atoms with E-state index in [4.69, 9.17) is 14.0 Å². The Kier molecular flexibility index (Phi) is 4.48. The maximum atomic E-state index is 12.5. The van der Waals surface area contributed by atoms with Crippen LogP contribution in [-0.4, -0.2) is 39.4 Å². The second-order valence-corrected chi connectivity index (χ2v) is 9.07. The molecule has 0 aliphatic carbocycles. The zero-order chi connectivity index (χ0) is 16.3. The van der Waals surface area contributed by atoms with E-state index in [-0.39, 0.29) is 16.7 Å². The Labute approximate surface area is 140 Å². The first kappa shape index (κ1) is 18.5. The van der Waals surface area contributed by atoms with Crippen LogP contribution < -0.4 is 10.2 Å².